The summed E-state index contributed by atoms with van der Waals surface area (Å²) >= 11 is 3.45. The minimum absolute atomic E-state index is 0.0167. The highest BCUT2D eigenvalue weighted by molar-refractivity contribution is 9.10. The van der Waals surface area contributed by atoms with Crippen LogP contribution in [0.4, 0.5) is 0 Å². The molecule has 0 saturated heterocycles. The highest BCUT2D eigenvalue weighted by Gasteiger charge is 2.59. The summed E-state index contributed by atoms with van der Waals surface area (Å²) < 4.78 is 1.13. The van der Waals surface area contributed by atoms with Gasteiger partial charge in [0, 0.05) is 10.0 Å². The van der Waals surface area contributed by atoms with Gasteiger partial charge in [0.1, 0.15) is 0 Å². The Morgan fingerprint density at radius 3 is 2.14 bits per heavy atom. The van der Waals surface area contributed by atoms with Crippen molar-refractivity contribution in [3.8, 4) is 0 Å². The van der Waals surface area contributed by atoms with Gasteiger partial charge in [-0.2, -0.15) is 0 Å². The first-order valence-electron chi connectivity index (χ1n) is 5.17. The van der Waals surface area contributed by atoms with Crippen LogP contribution in [0.1, 0.15) is 31.2 Å². The van der Waals surface area contributed by atoms with Gasteiger partial charge in [0.25, 0.3) is 0 Å². The highest BCUT2D eigenvalue weighted by atomic mass is 79.9. The molecule has 74 valence electrons. The van der Waals surface area contributed by atoms with Crippen molar-refractivity contribution in [1.29, 1.82) is 0 Å². The van der Waals surface area contributed by atoms with Crippen molar-refractivity contribution in [2.45, 2.75) is 31.2 Å². The molecule has 0 radical (unpaired) electrons. The second kappa shape index (κ2) is 2.61. The summed E-state index contributed by atoms with van der Waals surface area (Å²) in [5.41, 5.74) is 8.33. The third-order valence-corrected chi connectivity index (χ3v) is 4.29. The number of halogens is 1. The van der Waals surface area contributed by atoms with Gasteiger partial charge >= 0.3 is 0 Å². The van der Waals surface area contributed by atoms with Crippen LogP contribution in [0.25, 0.3) is 0 Å². The number of benzene rings is 1. The highest BCUT2D eigenvalue weighted by Crippen LogP contribution is 2.66. The van der Waals surface area contributed by atoms with E-state index in [9.17, 15) is 0 Å². The van der Waals surface area contributed by atoms with Gasteiger partial charge in [0.2, 0.25) is 0 Å². The molecule has 0 aromatic heterocycles. The first kappa shape index (κ1) is 8.93. The second-order valence-electron chi connectivity index (χ2n) is 5.02. The Morgan fingerprint density at radius 2 is 1.64 bits per heavy atom. The maximum Gasteiger partial charge on any atom is 0.0420 e. The number of hydrogen-bond donors (Lipinski definition) is 1. The van der Waals surface area contributed by atoms with Crippen LogP contribution in [-0.4, -0.2) is 0 Å². The van der Waals surface area contributed by atoms with Crippen LogP contribution in [0.3, 0.4) is 0 Å². The summed E-state index contributed by atoms with van der Waals surface area (Å²) in [6, 6.07) is 8.47. The van der Waals surface area contributed by atoms with E-state index in [1.54, 1.807) is 0 Å². The molecule has 2 heteroatoms. The van der Waals surface area contributed by atoms with Crippen LogP contribution in [-0.2, 0) is 5.54 Å². The van der Waals surface area contributed by atoms with E-state index < -0.39 is 0 Å². The molecule has 0 heterocycles. The molecule has 14 heavy (non-hydrogen) atoms. The van der Waals surface area contributed by atoms with E-state index in [1.165, 1.54) is 31.2 Å². The molecule has 2 aliphatic rings. The van der Waals surface area contributed by atoms with Crippen LogP contribution in [0.2, 0.25) is 0 Å². The summed E-state index contributed by atoms with van der Waals surface area (Å²) in [6.45, 7) is 0. The molecule has 1 aromatic carbocycles. The molecule has 2 saturated carbocycles. The Balaban J connectivity index is 1.85. The lowest BCUT2D eigenvalue weighted by Gasteiger charge is -2.46. The molecule has 0 bridgehead atoms. The molecular formula is C12H14BrN. The lowest BCUT2D eigenvalue weighted by atomic mass is 9.63. The first-order chi connectivity index (χ1) is 6.62. The summed E-state index contributed by atoms with van der Waals surface area (Å²) in [6.07, 6.45) is 5.20. The zero-order valence-corrected chi connectivity index (χ0v) is 9.68. The van der Waals surface area contributed by atoms with Crippen molar-refractivity contribution >= 4 is 15.9 Å². The van der Waals surface area contributed by atoms with Gasteiger partial charge in [-0.1, -0.05) is 28.1 Å². The van der Waals surface area contributed by atoms with Crippen molar-refractivity contribution < 1.29 is 0 Å². The third kappa shape index (κ3) is 1.24. The fourth-order valence-electron chi connectivity index (χ4n) is 2.80. The molecule has 2 aliphatic carbocycles. The van der Waals surface area contributed by atoms with Gasteiger partial charge in [0.15, 0.2) is 0 Å². The van der Waals surface area contributed by atoms with E-state index in [1.807, 2.05) is 0 Å². The largest absolute Gasteiger partial charge is 0.321 e. The molecule has 1 spiro atoms. The maximum absolute atomic E-state index is 6.37. The normalized spacial score (nSPS) is 25.9. The molecule has 2 fully saturated rings. The van der Waals surface area contributed by atoms with Crippen LogP contribution < -0.4 is 5.73 Å². The van der Waals surface area contributed by atoms with Crippen molar-refractivity contribution in [1.82, 2.24) is 0 Å². The smallest absolute Gasteiger partial charge is 0.0420 e. The predicted molar refractivity (Wildman–Crippen MR) is 60.9 cm³/mol. The zero-order valence-electron chi connectivity index (χ0n) is 8.09. The average molecular weight is 252 g/mol. The Kier molecular flexibility index (Phi) is 1.67. The Morgan fingerprint density at radius 1 is 1.07 bits per heavy atom. The molecule has 0 aliphatic heterocycles. The molecular weight excluding hydrogens is 238 g/mol. The maximum atomic E-state index is 6.37. The monoisotopic (exact) mass is 251 g/mol. The molecule has 1 aromatic rings. The van der Waals surface area contributed by atoms with E-state index in [0.29, 0.717) is 5.41 Å². The lowest BCUT2D eigenvalue weighted by Crippen LogP contribution is -2.50. The van der Waals surface area contributed by atoms with Gasteiger partial charge < -0.3 is 5.73 Å². The van der Waals surface area contributed by atoms with Crippen molar-refractivity contribution in [2.75, 3.05) is 0 Å². The van der Waals surface area contributed by atoms with E-state index >= 15 is 0 Å². The number of hydrogen-bond acceptors (Lipinski definition) is 1. The number of nitrogens with two attached hydrogens (primary N) is 1. The molecule has 0 amide bonds. The van der Waals surface area contributed by atoms with E-state index in [-0.39, 0.29) is 5.54 Å². The standard InChI is InChI=1S/C12H14BrN/c13-10-3-1-9(2-4-10)12(14)7-11(8-12)5-6-11/h1-4H,5-8,14H2. The minimum Gasteiger partial charge on any atom is -0.321 e. The molecule has 1 nitrogen and oxygen atoms in total. The van der Waals surface area contributed by atoms with Crippen LogP contribution in [0.15, 0.2) is 28.7 Å². The fourth-order valence-corrected chi connectivity index (χ4v) is 3.07. The zero-order chi connectivity index (χ0) is 9.81. The second-order valence-corrected chi connectivity index (χ2v) is 5.93. The summed E-state index contributed by atoms with van der Waals surface area (Å²) in [5.74, 6) is 0. The van der Waals surface area contributed by atoms with Crippen molar-refractivity contribution in [2.24, 2.45) is 11.1 Å². The first-order valence-corrected chi connectivity index (χ1v) is 5.96. The topological polar surface area (TPSA) is 26.0 Å². The van der Waals surface area contributed by atoms with Crippen molar-refractivity contribution in [3.63, 3.8) is 0 Å². The minimum atomic E-state index is -0.0167. The lowest BCUT2D eigenvalue weighted by molar-refractivity contribution is 0.125. The molecule has 0 unspecified atom stereocenters. The predicted octanol–water partition coefficient (Wildman–Crippen LogP) is 3.18. The summed E-state index contributed by atoms with van der Waals surface area (Å²) in [4.78, 5) is 0. The van der Waals surface area contributed by atoms with E-state index in [2.05, 4.69) is 40.2 Å². The van der Waals surface area contributed by atoms with Crippen molar-refractivity contribution in [3.05, 3.63) is 34.3 Å². The van der Waals surface area contributed by atoms with Gasteiger partial charge in [0.05, 0.1) is 0 Å². The van der Waals surface area contributed by atoms with Gasteiger partial charge in [-0.05, 0) is 48.8 Å². The molecule has 2 N–H and O–H groups in total. The quantitative estimate of drug-likeness (QED) is 0.816. The molecule has 3 rings (SSSR count). The third-order valence-electron chi connectivity index (χ3n) is 3.76. The fraction of sp³-hybridized carbons (Fsp3) is 0.500. The van der Waals surface area contributed by atoms with Gasteiger partial charge in [-0.25, -0.2) is 0 Å². The summed E-state index contributed by atoms with van der Waals surface area (Å²) in [7, 11) is 0. The van der Waals surface area contributed by atoms with Crippen LogP contribution in [0, 0.1) is 5.41 Å². The Labute approximate surface area is 92.8 Å². The Hall–Kier alpha value is -0.340. The van der Waals surface area contributed by atoms with E-state index in [0.717, 1.165) is 4.47 Å². The van der Waals surface area contributed by atoms with Gasteiger partial charge in [-0.15, -0.1) is 0 Å². The van der Waals surface area contributed by atoms with Crippen LogP contribution in [0.5, 0.6) is 0 Å². The van der Waals surface area contributed by atoms with E-state index in [4.69, 9.17) is 5.73 Å². The Bertz CT molecular complexity index is 356. The summed E-state index contributed by atoms with van der Waals surface area (Å²) in [5, 5.41) is 0. The van der Waals surface area contributed by atoms with Crippen LogP contribution >= 0.6 is 15.9 Å². The number of rotatable bonds is 1. The average Bonchev–Trinajstić information content (AvgIpc) is 2.85. The SMILES string of the molecule is NC1(c2ccc(Br)cc2)CC2(CC2)C1. The van der Waals surface area contributed by atoms with Gasteiger partial charge in [-0.3, -0.25) is 0 Å². The molecule has 0 atom stereocenters.